The normalized spacial score (nSPS) is 10.6. The lowest BCUT2D eigenvalue weighted by Gasteiger charge is -2.09. The van der Waals surface area contributed by atoms with Gasteiger partial charge in [-0.15, -0.1) is 0 Å². The second-order valence-corrected chi connectivity index (χ2v) is 4.86. The predicted molar refractivity (Wildman–Crippen MR) is 82.8 cm³/mol. The van der Waals surface area contributed by atoms with E-state index < -0.39 is 5.69 Å². The Morgan fingerprint density at radius 2 is 2.14 bits per heavy atom. The zero-order chi connectivity index (χ0) is 15.2. The highest BCUT2D eigenvalue weighted by atomic mass is 16.2. The van der Waals surface area contributed by atoms with Crippen LogP contribution in [0.25, 0.3) is 0 Å². The standard InChI is InChI=1S/C15H20N4O2/c1-3-6-16-12-5-7-17-13(8-12)10-19-9-11(4-2)14(20)18-15(19)21/h5,7-9H,3-4,6,10H2,1-2H3,(H,16,17)(H,18,20,21). The molecule has 0 aliphatic rings. The molecule has 0 atom stereocenters. The van der Waals surface area contributed by atoms with Crippen molar-refractivity contribution in [3.63, 3.8) is 0 Å². The highest BCUT2D eigenvalue weighted by Crippen LogP contribution is 2.08. The van der Waals surface area contributed by atoms with Crippen LogP contribution in [0, 0.1) is 0 Å². The molecule has 21 heavy (non-hydrogen) atoms. The lowest BCUT2D eigenvalue weighted by molar-refractivity contribution is 0.694. The second kappa shape index (κ2) is 6.88. The molecular weight excluding hydrogens is 268 g/mol. The zero-order valence-electron chi connectivity index (χ0n) is 12.3. The van der Waals surface area contributed by atoms with Crippen molar-refractivity contribution in [2.45, 2.75) is 33.2 Å². The van der Waals surface area contributed by atoms with Gasteiger partial charge in [0.25, 0.3) is 5.56 Å². The molecule has 0 amide bonds. The van der Waals surface area contributed by atoms with Gasteiger partial charge in [-0.3, -0.25) is 19.3 Å². The largest absolute Gasteiger partial charge is 0.385 e. The molecule has 2 aromatic heterocycles. The first-order valence-electron chi connectivity index (χ1n) is 7.15. The maximum absolute atomic E-state index is 11.8. The van der Waals surface area contributed by atoms with Gasteiger partial charge in [-0.1, -0.05) is 13.8 Å². The summed E-state index contributed by atoms with van der Waals surface area (Å²) in [6, 6.07) is 3.81. The molecule has 0 bridgehead atoms. The third kappa shape index (κ3) is 3.81. The van der Waals surface area contributed by atoms with Crippen molar-refractivity contribution in [3.05, 3.63) is 56.6 Å². The molecule has 112 valence electrons. The second-order valence-electron chi connectivity index (χ2n) is 4.86. The minimum absolute atomic E-state index is 0.315. The van der Waals surface area contributed by atoms with Crippen LogP contribution in [-0.2, 0) is 13.0 Å². The van der Waals surface area contributed by atoms with Crippen LogP contribution in [-0.4, -0.2) is 21.1 Å². The van der Waals surface area contributed by atoms with E-state index in [1.54, 1.807) is 12.4 Å². The minimum atomic E-state index is -0.411. The van der Waals surface area contributed by atoms with E-state index in [9.17, 15) is 9.59 Å². The highest BCUT2D eigenvalue weighted by Gasteiger charge is 2.05. The number of aromatic nitrogens is 3. The summed E-state index contributed by atoms with van der Waals surface area (Å²) in [4.78, 5) is 30.0. The van der Waals surface area contributed by atoms with Crippen LogP contribution in [0.3, 0.4) is 0 Å². The van der Waals surface area contributed by atoms with E-state index >= 15 is 0 Å². The summed E-state index contributed by atoms with van der Waals surface area (Å²) in [5.41, 5.74) is 1.62. The fourth-order valence-electron chi connectivity index (χ4n) is 2.04. The lowest BCUT2D eigenvalue weighted by Crippen LogP contribution is -2.32. The predicted octanol–water partition coefficient (Wildman–Crippen LogP) is 1.36. The average Bonchev–Trinajstić information content (AvgIpc) is 2.48. The number of hydrogen-bond donors (Lipinski definition) is 2. The van der Waals surface area contributed by atoms with Crippen molar-refractivity contribution in [2.75, 3.05) is 11.9 Å². The number of aromatic amines is 1. The monoisotopic (exact) mass is 288 g/mol. The first kappa shape index (κ1) is 15.0. The number of hydrogen-bond acceptors (Lipinski definition) is 4. The summed E-state index contributed by atoms with van der Waals surface area (Å²) < 4.78 is 1.48. The van der Waals surface area contributed by atoms with Gasteiger partial charge < -0.3 is 5.32 Å². The fraction of sp³-hybridized carbons (Fsp3) is 0.400. The van der Waals surface area contributed by atoms with E-state index in [4.69, 9.17) is 0 Å². The van der Waals surface area contributed by atoms with Gasteiger partial charge in [0.05, 0.1) is 12.2 Å². The van der Waals surface area contributed by atoms with Crippen molar-refractivity contribution in [2.24, 2.45) is 0 Å². The van der Waals surface area contributed by atoms with Crippen LogP contribution in [0.1, 0.15) is 31.5 Å². The van der Waals surface area contributed by atoms with Crippen molar-refractivity contribution < 1.29 is 0 Å². The molecule has 2 rings (SSSR count). The van der Waals surface area contributed by atoms with Gasteiger partial charge in [-0.2, -0.15) is 0 Å². The van der Waals surface area contributed by atoms with E-state index in [-0.39, 0.29) is 5.56 Å². The van der Waals surface area contributed by atoms with Crippen molar-refractivity contribution >= 4 is 5.69 Å². The van der Waals surface area contributed by atoms with Crippen LogP contribution >= 0.6 is 0 Å². The average molecular weight is 288 g/mol. The lowest BCUT2D eigenvalue weighted by atomic mass is 10.2. The quantitative estimate of drug-likeness (QED) is 0.841. The molecule has 0 unspecified atom stereocenters. The number of aryl methyl sites for hydroxylation is 1. The molecule has 2 aromatic rings. The van der Waals surface area contributed by atoms with Gasteiger partial charge in [0, 0.05) is 30.2 Å². The summed E-state index contributed by atoms with van der Waals surface area (Å²) in [6.45, 7) is 5.21. The Bertz CT molecular complexity index is 718. The molecule has 0 aromatic carbocycles. The molecule has 6 nitrogen and oxygen atoms in total. The maximum Gasteiger partial charge on any atom is 0.328 e. The Hall–Kier alpha value is -2.37. The summed E-state index contributed by atoms with van der Waals surface area (Å²) >= 11 is 0. The highest BCUT2D eigenvalue weighted by molar-refractivity contribution is 5.43. The topological polar surface area (TPSA) is 79.8 Å². The third-order valence-corrected chi connectivity index (χ3v) is 3.19. The van der Waals surface area contributed by atoms with Crippen molar-refractivity contribution in [1.82, 2.24) is 14.5 Å². The molecule has 6 heteroatoms. The molecule has 2 N–H and O–H groups in total. The van der Waals surface area contributed by atoms with Gasteiger partial charge in [0.2, 0.25) is 0 Å². The van der Waals surface area contributed by atoms with Crippen LogP contribution in [0.5, 0.6) is 0 Å². The summed E-state index contributed by atoms with van der Waals surface area (Å²) in [7, 11) is 0. The first-order valence-corrected chi connectivity index (χ1v) is 7.15. The van der Waals surface area contributed by atoms with Gasteiger partial charge >= 0.3 is 5.69 Å². The van der Waals surface area contributed by atoms with Crippen LogP contribution in [0.15, 0.2) is 34.1 Å². The molecule has 0 fully saturated rings. The number of nitrogens with zero attached hydrogens (tertiary/aromatic N) is 2. The maximum atomic E-state index is 11.8. The van der Waals surface area contributed by atoms with Crippen LogP contribution in [0.2, 0.25) is 0 Å². The van der Waals surface area contributed by atoms with Gasteiger partial charge in [-0.05, 0) is 25.0 Å². The molecule has 0 saturated carbocycles. The van der Waals surface area contributed by atoms with E-state index in [2.05, 4.69) is 22.2 Å². The fourth-order valence-corrected chi connectivity index (χ4v) is 2.04. The van der Waals surface area contributed by atoms with Crippen LogP contribution in [0.4, 0.5) is 5.69 Å². The molecule has 0 aliphatic heterocycles. The Kier molecular flexibility index (Phi) is 4.92. The Labute approximate surface area is 122 Å². The van der Waals surface area contributed by atoms with Gasteiger partial charge in [-0.25, -0.2) is 4.79 Å². The third-order valence-electron chi connectivity index (χ3n) is 3.19. The minimum Gasteiger partial charge on any atom is -0.385 e. The SMILES string of the molecule is CCCNc1ccnc(Cn2cc(CC)c(=O)[nH]c2=O)c1. The van der Waals surface area contributed by atoms with Crippen molar-refractivity contribution in [3.8, 4) is 0 Å². The Balaban J connectivity index is 2.26. The molecule has 0 aliphatic carbocycles. The van der Waals surface area contributed by atoms with E-state index in [1.807, 2.05) is 19.1 Å². The molecule has 0 saturated heterocycles. The summed E-state index contributed by atoms with van der Waals surface area (Å²) in [6.07, 6.45) is 4.94. The Morgan fingerprint density at radius 1 is 1.33 bits per heavy atom. The van der Waals surface area contributed by atoms with Gasteiger partial charge in [0.15, 0.2) is 0 Å². The summed E-state index contributed by atoms with van der Waals surface area (Å²) in [5.74, 6) is 0. The van der Waals surface area contributed by atoms with Gasteiger partial charge in [0.1, 0.15) is 0 Å². The molecule has 2 heterocycles. The molecular formula is C15H20N4O2. The number of H-pyrrole nitrogens is 1. The molecule has 0 spiro atoms. The number of nitrogens with one attached hydrogen (secondary N) is 2. The van der Waals surface area contributed by atoms with Crippen molar-refractivity contribution in [1.29, 1.82) is 0 Å². The first-order chi connectivity index (χ1) is 10.1. The van der Waals surface area contributed by atoms with E-state index in [0.717, 1.165) is 24.3 Å². The number of pyridine rings is 1. The smallest absolute Gasteiger partial charge is 0.328 e. The summed E-state index contributed by atoms with van der Waals surface area (Å²) in [5, 5.41) is 3.28. The molecule has 0 radical (unpaired) electrons. The number of anilines is 1. The van der Waals surface area contributed by atoms with Crippen LogP contribution < -0.4 is 16.6 Å². The van der Waals surface area contributed by atoms with E-state index in [1.165, 1.54) is 4.57 Å². The Morgan fingerprint density at radius 3 is 2.86 bits per heavy atom. The van der Waals surface area contributed by atoms with E-state index in [0.29, 0.717) is 18.5 Å². The zero-order valence-corrected chi connectivity index (χ0v) is 12.3. The number of rotatable bonds is 6.